The van der Waals surface area contributed by atoms with Gasteiger partial charge in [-0.2, -0.15) is 0 Å². The Bertz CT molecular complexity index is 518. The number of carbonyl (C=O) groups excluding carboxylic acids is 1. The van der Waals surface area contributed by atoms with E-state index in [0.717, 1.165) is 37.9 Å². The lowest BCUT2D eigenvalue weighted by Crippen LogP contribution is -2.50. The third-order valence-corrected chi connectivity index (χ3v) is 4.84. The van der Waals surface area contributed by atoms with E-state index in [1.54, 1.807) is 6.07 Å². The predicted molar refractivity (Wildman–Crippen MR) is 82.4 cm³/mol. The van der Waals surface area contributed by atoms with Crippen molar-refractivity contribution < 1.29 is 9.18 Å². The van der Waals surface area contributed by atoms with E-state index in [4.69, 9.17) is 0 Å². The number of hydrogen-bond donors (Lipinski definition) is 0. The average Bonchev–Trinajstić information content (AvgIpc) is 3.01. The van der Waals surface area contributed by atoms with Crippen LogP contribution in [0.2, 0.25) is 0 Å². The van der Waals surface area contributed by atoms with Crippen LogP contribution in [0.3, 0.4) is 0 Å². The average molecular weight is 290 g/mol. The molecular formula is C17H23FN2O. The van der Waals surface area contributed by atoms with Gasteiger partial charge < -0.3 is 4.90 Å². The van der Waals surface area contributed by atoms with Crippen molar-refractivity contribution in [3.05, 3.63) is 29.6 Å². The first kappa shape index (κ1) is 14.5. The molecule has 2 fully saturated rings. The maximum atomic E-state index is 13.9. The highest BCUT2D eigenvalue weighted by molar-refractivity contribution is 6.00. The van der Waals surface area contributed by atoms with Crippen LogP contribution in [0.15, 0.2) is 18.2 Å². The zero-order valence-corrected chi connectivity index (χ0v) is 12.6. The van der Waals surface area contributed by atoms with Gasteiger partial charge in [0.2, 0.25) is 0 Å². The van der Waals surface area contributed by atoms with E-state index in [1.165, 1.54) is 38.7 Å². The van der Waals surface area contributed by atoms with Gasteiger partial charge in [-0.05, 0) is 31.9 Å². The fraction of sp³-hybridized carbons (Fsp3) is 0.588. The minimum absolute atomic E-state index is 0.193. The zero-order valence-electron chi connectivity index (χ0n) is 12.6. The minimum Gasteiger partial charge on any atom is -0.368 e. The first-order chi connectivity index (χ1) is 10.2. The number of carbonyl (C=O) groups is 1. The zero-order chi connectivity index (χ0) is 14.8. The van der Waals surface area contributed by atoms with Crippen molar-refractivity contribution in [3.8, 4) is 0 Å². The Morgan fingerprint density at radius 1 is 1.14 bits per heavy atom. The molecule has 1 saturated heterocycles. The van der Waals surface area contributed by atoms with E-state index < -0.39 is 5.82 Å². The van der Waals surface area contributed by atoms with Crippen LogP contribution in [-0.2, 0) is 0 Å². The standard InChI is InChI=1S/C17H23FN2O/c1-13(21)17-15(18)7-4-8-16(17)20-11-9-19(10-12-20)14-5-2-3-6-14/h4,7-8,14H,2-3,5-6,9-12H2,1H3. The van der Waals surface area contributed by atoms with Crippen LogP contribution in [0, 0.1) is 5.82 Å². The molecule has 1 aromatic rings. The second kappa shape index (κ2) is 6.14. The van der Waals surface area contributed by atoms with Crippen LogP contribution in [0.25, 0.3) is 0 Å². The van der Waals surface area contributed by atoms with Gasteiger partial charge in [0.05, 0.1) is 11.3 Å². The lowest BCUT2D eigenvalue weighted by Gasteiger charge is -2.39. The number of nitrogens with zero attached hydrogens (tertiary/aromatic N) is 2. The second-order valence-electron chi connectivity index (χ2n) is 6.15. The monoisotopic (exact) mass is 290 g/mol. The van der Waals surface area contributed by atoms with Crippen LogP contribution < -0.4 is 4.90 Å². The molecule has 3 rings (SSSR count). The molecule has 1 heterocycles. The third kappa shape index (κ3) is 2.95. The largest absolute Gasteiger partial charge is 0.368 e. The number of Topliss-reactive ketones (excluding diaryl/α,β-unsaturated/α-hetero) is 1. The number of benzene rings is 1. The van der Waals surface area contributed by atoms with Crippen LogP contribution in [-0.4, -0.2) is 42.9 Å². The van der Waals surface area contributed by atoms with Gasteiger partial charge in [0.1, 0.15) is 5.82 Å². The summed E-state index contributed by atoms with van der Waals surface area (Å²) in [5.74, 6) is -0.598. The third-order valence-electron chi connectivity index (χ3n) is 4.84. The first-order valence-corrected chi connectivity index (χ1v) is 7.95. The van der Waals surface area contributed by atoms with E-state index in [9.17, 15) is 9.18 Å². The Morgan fingerprint density at radius 2 is 1.81 bits per heavy atom. The second-order valence-corrected chi connectivity index (χ2v) is 6.15. The van der Waals surface area contributed by atoms with Gasteiger partial charge in [-0.1, -0.05) is 18.9 Å². The number of anilines is 1. The van der Waals surface area contributed by atoms with Crippen molar-refractivity contribution in [1.29, 1.82) is 0 Å². The quantitative estimate of drug-likeness (QED) is 0.799. The molecule has 1 aliphatic heterocycles. The molecule has 0 atom stereocenters. The molecule has 0 radical (unpaired) electrons. The Kier molecular flexibility index (Phi) is 4.24. The summed E-state index contributed by atoms with van der Waals surface area (Å²) in [5.41, 5.74) is 1.00. The molecule has 1 aromatic carbocycles. The summed E-state index contributed by atoms with van der Waals surface area (Å²) in [7, 11) is 0. The Labute approximate surface area is 125 Å². The summed E-state index contributed by atoms with van der Waals surface area (Å²) in [4.78, 5) is 16.4. The van der Waals surface area contributed by atoms with E-state index in [2.05, 4.69) is 9.80 Å². The molecular weight excluding hydrogens is 267 g/mol. The van der Waals surface area contributed by atoms with Gasteiger partial charge in [-0.3, -0.25) is 9.69 Å². The fourth-order valence-electron chi connectivity index (χ4n) is 3.72. The molecule has 0 amide bonds. The van der Waals surface area contributed by atoms with Gasteiger partial charge in [-0.25, -0.2) is 4.39 Å². The Hall–Kier alpha value is -1.42. The van der Waals surface area contributed by atoms with Gasteiger partial charge in [0.25, 0.3) is 0 Å². The summed E-state index contributed by atoms with van der Waals surface area (Å²) in [6.07, 6.45) is 5.34. The van der Waals surface area contributed by atoms with Crippen LogP contribution >= 0.6 is 0 Å². The Morgan fingerprint density at radius 3 is 2.43 bits per heavy atom. The molecule has 21 heavy (non-hydrogen) atoms. The number of rotatable bonds is 3. The summed E-state index contributed by atoms with van der Waals surface area (Å²) >= 11 is 0. The van der Waals surface area contributed by atoms with Crippen molar-refractivity contribution >= 4 is 11.5 Å². The first-order valence-electron chi connectivity index (χ1n) is 7.95. The molecule has 1 saturated carbocycles. The maximum absolute atomic E-state index is 13.9. The number of ketones is 1. The smallest absolute Gasteiger partial charge is 0.164 e. The molecule has 0 unspecified atom stereocenters. The Balaban J connectivity index is 1.72. The van der Waals surface area contributed by atoms with E-state index >= 15 is 0 Å². The molecule has 114 valence electrons. The van der Waals surface area contributed by atoms with Crippen molar-refractivity contribution in [2.75, 3.05) is 31.1 Å². The minimum atomic E-state index is -0.404. The summed E-state index contributed by atoms with van der Waals surface area (Å²) in [6, 6.07) is 5.67. The highest BCUT2D eigenvalue weighted by Crippen LogP contribution is 2.28. The highest BCUT2D eigenvalue weighted by atomic mass is 19.1. The number of halogens is 1. The topological polar surface area (TPSA) is 23.6 Å². The van der Waals surface area contributed by atoms with Gasteiger partial charge in [-0.15, -0.1) is 0 Å². The molecule has 0 bridgehead atoms. The lowest BCUT2D eigenvalue weighted by atomic mass is 10.1. The maximum Gasteiger partial charge on any atom is 0.164 e. The summed E-state index contributed by atoms with van der Waals surface area (Å²) < 4.78 is 13.9. The lowest BCUT2D eigenvalue weighted by molar-refractivity contribution is 0.101. The van der Waals surface area contributed by atoms with E-state index in [1.807, 2.05) is 6.07 Å². The fourth-order valence-corrected chi connectivity index (χ4v) is 3.72. The molecule has 1 aliphatic carbocycles. The summed E-state index contributed by atoms with van der Waals surface area (Å²) in [6.45, 7) is 5.22. The number of hydrogen-bond acceptors (Lipinski definition) is 3. The SMILES string of the molecule is CC(=O)c1c(F)cccc1N1CCN(C2CCCC2)CC1. The van der Waals surface area contributed by atoms with Gasteiger partial charge in [0.15, 0.2) is 5.78 Å². The van der Waals surface area contributed by atoms with Crippen molar-refractivity contribution in [2.24, 2.45) is 0 Å². The predicted octanol–water partition coefficient (Wildman–Crippen LogP) is 3.09. The van der Waals surface area contributed by atoms with Gasteiger partial charge >= 0.3 is 0 Å². The molecule has 3 nitrogen and oxygen atoms in total. The molecule has 0 N–H and O–H groups in total. The van der Waals surface area contributed by atoms with Crippen molar-refractivity contribution in [2.45, 2.75) is 38.6 Å². The molecule has 0 aromatic heterocycles. The highest BCUT2D eigenvalue weighted by Gasteiger charge is 2.27. The molecule has 4 heteroatoms. The summed E-state index contributed by atoms with van der Waals surface area (Å²) in [5, 5.41) is 0. The number of piperazine rings is 1. The normalized spacial score (nSPS) is 21.0. The van der Waals surface area contributed by atoms with E-state index in [-0.39, 0.29) is 11.3 Å². The molecule has 2 aliphatic rings. The van der Waals surface area contributed by atoms with Crippen LogP contribution in [0.5, 0.6) is 0 Å². The van der Waals surface area contributed by atoms with Crippen molar-refractivity contribution in [3.63, 3.8) is 0 Å². The van der Waals surface area contributed by atoms with Gasteiger partial charge in [0, 0.05) is 32.2 Å². The van der Waals surface area contributed by atoms with E-state index in [0.29, 0.717) is 0 Å². The van der Waals surface area contributed by atoms with Crippen LogP contribution in [0.4, 0.5) is 10.1 Å². The molecule has 0 spiro atoms. The van der Waals surface area contributed by atoms with Crippen LogP contribution in [0.1, 0.15) is 43.0 Å². The van der Waals surface area contributed by atoms with Crippen molar-refractivity contribution in [1.82, 2.24) is 4.90 Å².